The van der Waals surface area contributed by atoms with Crippen molar-refractivity contribution in [2.24, 2.45) is 0 Å². The van der Waals surface area contributed by atoms with Gasteiger partial charge in [0.05, 0.1) is 27.8 Å². The first-order valence-corrected chi connectivity index (χ1v) is 10.6. The summed E-state index contributed by atoms with van der Waals surface area (Å²) in [5.74, 6) is -0.654. The number of fused-ring (bicyclic) bond motifs is 1. The quantitative estimate of drug-likeness (QED) is 0.496. The first-order valence-electron chi connectivity index (χ1n) is 9.05. The normalized spacial score (nSPS) is 12.6. The molecule has 0 bridgehead atoms. The largest absolute Gasteiger partial charge is 0.324 e. The predicted molar refractivity (Wildman–Crippen MR) is 111 cm³/mol. The van der Waals surface area contributed by atoms with Crippen molar-refractivity contribution in [3.63, 3.8) is 0 Å². The Morgan fingerprint density at radius 3 is 2.47 bits per heavy atom. The van der Waals surface area contributed by atoms with Crippen molar-refractivity contribution >= 4 is 32.5 Å². The highest BCUT2D eigenvalue weighted by Crippen LogP contribution is 2.20. The second-order valence-electron chi connectivity index (χ2n) is 6.64. The zero-order valence-electron chi connectivity index (χ0n) is 15.9. The molecule has 7 nitrogen and oxygen atoms in total. The molecule has 1 amide bonds. The Bertz CT molecular complexity index is 1320. The number of imidazole rings is 1. The van der Waals surface area contributed by atoms with Crippen LogP contribution in [-0.2, 0) is 14.6 Å². The molecule has 0 spiro atoms. The van der Waals surface area contributed by atoms with E-state index in [0.717, 1.165) is 35.3 Å². The smallest absolute Gasteiger partial charge is 0.242 e. The lowest BCUT2D eigenvalue weighted by atomic mass is 10.3. The maximum absolute atomic E-state index is 13.1. The first-order chi connectivity index (χ1) is 14.4. The molecule has 0 radical (unpaired) electrons. The van der Waals surface area contributed by atoms with Gasteiger partial charge in [-0.25, -0.2) is 22.8 Å². The van der Waals surface area contributed by atoms with E-state index in [1.807, 2.05) is 28.8 Å². The Balaban J connectivity index is 1.51. The molecule has 4 aromatic rings. The average Bonchev–Trinajstić information content (AvgIpc) is 3.18. The lowest BCUT2D eigenvalue weighted by molar-refractivity contribution is -0.115. The average molecular weight is 424 g/mol. The van der Waals surface area contributed by atoms with Crippen molar-refractivity contribution in [2.45, 2.75) is 17.1 Å². The number of sulfone groups is 1. The third kappa shape index (κ3) is 3.67. The second-order valence-corrected chi connectivity index (χ2v) is 8.91. The van der Waals surface area contributed by atoms with Crippen LogP contribution in [0.1, 0.15) is 6.92 Å². The second kappa shape index (κ2) is 7.68. The number of anilines is 1. The van der Waals surface area contributed by atoms with Gasteiger partial charge in [-0.05, 0) is 55.5 Å². The number of nitrogens with zero attached hydrogens (tertiary/aromatic N) is 3. The molecule has 152 valence electrons. The standard InChI is InChI=1S/C21H17FN4O3S/c1-14(30(28,29)17-9-6-15(22)7-10-17)21(27)25-16-8-11-20(23-12-16)26-13-24-18-4-2-3-5-19(18)26/h2-14H,1H3,(H,25,27). The zero-order chi connectivity index (χ0) is 21.3. The highest BCUT2D eigenvalue weighted by molar-refractivity contribution is 7.92. The summed E-state index contributed by atoms with van der Waals surface area (Å²) in [6, 6.07) is 15.3. The van der Waals surface area contributed by atoms with Crippen molar-refractivity contribution in [3.05, 3.63) is 79.0 Å². The van der Waals surface area contributed by atoms with Gasteiger partial charge in [-0.15, -0.1) is 0 Å². The summed E-state index contributed by atoms with van der Waals surface area (Å²) < 4.78 is 40.1. The van der Waals surface area contributed by atoms with Crippen LogP contribution < -0.4 is 5.32 Å². The fourth-order valence-electron chi connectivity index (χ4n) is 2.96. The fourth-order valence-corrected chi connectivity index (χ4v) is 4.22. The molecule has 0 fully saturated rings. The van der Waals surface area contributed by atoms with Crippen LogP contribution in [0.25, 0.3) is 16.9 Å². The van der Waals surface area contributed by atoms with E-state index in [4.69, 9.17) is 0 Å². The molecule has 0 aliphatic heterocycles. The van der Waals surface area contributed by atoms with Crippen LogP contribution in [0, 0.1) is 5.82 Å². The lowest BCUT2D eigenvalue weighted by Gasteiger charge is -2.13. The maximum atomic E-state index is 13.1. The summed E-state index contributed by atoms with van der Waals surface area (Å²) in [5, 5.41) is 1.20. The number of carbonyl (C=O) groups is 1. The van der Waals surface area contributed by atoms with Gasteiger partial charge in [0.2, 0.25) is 5.91 Å². The highest BCUT2D eigenvalue weighted by Gasteiger charge is 2.30. The minimum Gasteiger partial charge on any atom is -0.324 e. The first kappa shape index (κ1) is 19.7. The van der Waals surface area contributed by atoms with Crippen molar-refractivity contribution in [2.75, 3.05) is 5.32 Å². The molecule has 9 heteroatoms. The number of halogens is 1. The van der Waals surface area contributed by atoms with E-state index < -0.39 is 26.8 Å². The molecule has 0 aliphatic rings. The maximum Gasteiger partial charge on any atom is 0.242 e. The summed E-state index contributed by atoms with van der Waals surface area (Å²) >= 11 is 0. The molecule has 2 heterocycles. The number of aromatic nitrogens is 3. The summed E-state index contributed by atoms with van der Waals surface area (Å²) in [4.78, 5) is 21.0. The molecule has 0 saturated carbocycles. The van der Waals surface area contributed by atoms with Gasteiger partial charge in [0.1, 0.15) is 23.2 Å². The minimum absolute atomic E-state index is 0.119. The third-order valence-corrected chi connectivity index (χ3v) is 6.77. The van der Waals surface area contributed by atoms with Gasteiger partial charge in [0.25, 0.3) is 0 Å². The van der Waals surface area contributed by atoms with Gasteiger partial charge in [-0.2, -0.15) is 0 Å². The molecule has 0 saturated heterocycles. The number of hydrogen-bond acceptors (Lipinski definition) is 5. The summed E-state index contributed by atoms with van der Waals surface area (Å²) in [5.41, 5.74) is 2.08. The molecule has 2 aromatic heterocycles. The number of hydrogen-bond donors (Lipinski definition) is 1. The van der Waals surface area contributed by atoms with Crippen LogP contribution in [0.2, 0.25) is 0 Å². The van der Waals surface area contributed by atoms with Crippen LogP contribution in [0.15, 0.2) is 78.1 Å². The Morgan fingerprint density at radius 2 is 1.77 bits per heavy atom. The van der Waals surface area contributed by atoms with E-state index in [1.54, 1.807) is 18.5 Å². The molecule has 1 atom stereocenters. The number of amides is 1. The summed E-state index contributed by atoms with van der Waals surface area (Å²) in [7, 11) is -3.95. The molecule has 0 aliphatic carbocycles. The highest BCUT2D eigenvalue weighted by atomic mass is 32.2. The van der Waals surface area contributed by atoms with Crippen LogP contribution in [0.4, 0.5) is 10.1 Å². The summed E-state index contributed by atoms with van der Waals surface area (Å²) in [6.45, 7) is 1.29. The molecule has 4 rings (SSSR count). The van der Waals surface area contributed by atoms with Crippen molar-refractivity contribution in [3.8, 4) is 5.82 Å². The summed E-state index contributed by atoms with van der Waals surface area (Å²) in [6.07, 6.45) is 3.10. The van der Waals surface area contributed by atoms with E-state index in [0.29, 0.717) is 11.5 Å². The number of rotatable bonds is 5. The molecule has 1 N–H and O–H groups in total. The van der Waals surface area contributed by atoms with Crippen LogP contribution in [0.5, 0.6) is 0 Å². The van der Waals surface area contributed by atoms with Gasteiger partial charge in [-0.1, -0.05) is 12.1 Å². The Hall–Kier alpha value is -3.59. The van der Waals surface area contributed by atoms with E-state index in [1.165, 1.54) is 13.1 Å². The van der Waals surface area contributed by atoms with E-state index in [9.17, 15) is 17.6 Å². The Kier molecular flexibility index (Phi) is 5.04. The zero-order valence-corrected chi connectivity index (χ0v) is 16.7. The van der Waals surface area contributed by atoms with Gasteiger partial charge in [0.15, 0.2) is 9.84 Å². The van der Waals surface area contributed by atoms with E-state index >= 15 is 0 Å². The van der Waals surface area contributed by atoms with Crippen LogP contribution in [0.3, 0.4) is 0 Å². The van der Waals surface area contributed by atoms with Gasteiger partial charge >= 0.3 is 0 Å². The number of benzene rings is 2. The molecule has 30 heavy (non-hydrogen) atoms. The van der Waals surface area contributed by atoms with E-state index in [2.05, 4.69) is 15.3 Å². The number of carbonyl (C=O) groups excluding carboxylic acids is 1. The van der Waals surface area contributed by atoms with Crippen molar-refractivity contribution in [1.82, 2.24) is 14.5 Å². The number of nitrogens with one attached hydrogen (secondary N) is 1. The van der Waals surface area contributed by atoms with E-state index in [-0.39, 0.29) is 4.90 Å². The Labute approximate surface area is 172 Å². The minimum atomic E-state index is -3.95. The molecule has 1 unspecified atom stereocenters. The van der Waals surface area contributed by atoms with Gasteiger partial charge < -0.3 is 5.32 Å². The molecular formula is C21H17FN4O3S. The predicted octanol–water partition coefficient (Wildman–Crippen LogP) is 3.36. The fraction of sp³-hybridized carbons (Fsp3) is 0.0952. The van der Waals surface area contributed by atoms with Crippen LogP contribution >= 0.6 is 0 Å². The monoisotopic (exact) mass is 424 g/mol. The third-order valence-electron chi connectivity index (χ3n) is 4.69. The van der Waals surface area contributed by atoms with Crippen LogP contribution in [-0.4, -0.2) is 34.1 Å². The topological polar surface area (TPSA) is 93.9 Å². The Morgan fingerprint density at radius 1 is 1.03 bits per heavy atom. The SMILES string of the molecule is CC(C(=O)Nc1ccc(-n2cnc3ccccc32)nc1)S(=O)(=O)c1ccc(F)cc1. The number of para-hydroxylation sites is 2. The lowest BCUT2D eigenvalue weighted by Crippen LogP contribution is -2.32. The van der Waals surface area contributed by atoms with Crippen molar-refractivity contribution < 1.29 is 17.6 Å². The van der Waals surface area contributed by atoms with Gasteiger partial charge in [0, 0.05) is 0 Å². The number of pyridine rings is 1. The molecular weight excluding hydrogens is 407 g/mol. The molecule has 2 aromatic carbocycles. The van der Waals surface area contributed by atoms with Gasteiger partial charge in [-0.3, -0.25) is 9.36 Å². The van der Waals surface area contributed by atoms with Crippen molar-refractivity contribution in [1.29, 1.82) is 0 Å².